The van der Waals surface area contributed by atoms with Gasteiger partial charge in [-0.05, 0) is 31.9 Å². The number of nitrogen functional groups attached to an aromatic ring is 1. The lowest BCUT2D eigenvalue weighted by atomic mass is 10.2. The first-order valence-electron chi connectivity index (χ1n) is 5.93. The second-order valence-electron chi connectivity index (χ2n) is 4.59. The van der Waals surface area contributed by atoms with Crippen molar-refractivity contribution in [3.8, 4) is 5.75 Å². The fourth-order valence-electron chi connectivity index (χ4n) is 1.36. The quantitative estimate of drug-likeness (QED) is 0.664. The third-order valence-electron chi connectivity index (χ3n) is 2.34. The Morgan fingerprint density at radius 1 is 1.35 bits per heavy atom. The molecule has 0 aliphatic rings. The number of aliphatic hydroxyl groups excluding tert-OH is 1. The first kappa shape index (κ1) is 13.6. The van der Waals surface area contributed by atoms with E-state index in [2.05, 4.69) is 5.32 Å². The molecule has 0 saturated heterocycles. The van der Waals surface area contributed by atoms with Crippen LogP contribution in [-0.4, -0.2) is 24.4 Å². The fourth-order valence-corrected chi connectivity index (χ4v) is 1.36. The summed E-state index contributed by atoms with van der Waals surface area (Å²) >= 11 is 0. The van der Waals surface area contributed by atoms with Crippen molar-refractivity contribution in [1.82, 2.24) is 0 Å². The van der Waals surface area contributed by atoms with Crippen molar-refractivity contribution >= 4 is 11.4 Å². The molecule has 4 nitrogen and oxygen atoms in total. The van der Waals surface area contributed by atoms with E-state index in [4.69, 9.17) is 15.6 Å². The summed E-state index contributed by atoms with van der Waals surface area (Å²) in [5.74, 6) is 0.920. The molecule has 0 heterocycles. The smallest absolute Gasteiger partial charge is 0.144 e. The Hall–Kier alpha value is -1.42. The van der Waals surface area contributed by atoms with Crippen LogP contribution in [0.3, 0.4) is 0 Å². The molecule has 4 heteroatoms. The van der Waals surface area contributed by atoms with Gasteiger partial charge >= 0.3 is 0 Å². The molecule has 0 amide bonds. The Morgan fingerprint density at radius 2 is 2.06 bits per heavy atom. The van der Waals surface area contributed by atoms with Crippen LogP contribution in [0.1, 0.15) is 20.8 Å². The molecule has 0 saturated carbocycles. The highest BCUT2D eigenvalue weighted by Gasteiger charge is 2.05. The molecule has 17 heavy (non-hydrogen) atoms. The van der Waals surface area contributed by atoms with Gasteiger partial charge < -0.3 is 20.9 Å². The van der Waals surface area contributed by atoms with Crippen LogP contribution in [0.4, 0.5) is 11.4 Å². The molecule has 0 aromatic heterocycles. The lowest BCUT2D eigenvalue weighted by Gasteiger charge is -2.15. The maximum absolute atomic E-state index is 8.95. The van der Waals surface area contributed by atoms with Crippen LogP contribution in [0.2, 0.25) is 0 Å². The number of benzene rings is 1. The van der Waals surface area contributed by atoms with Crippen molar-refractivity contribution in [1.29, 1.82) is 0 Å². The zero-order valence-corrected chi connectivity index (χ0v) is 10.7. The zero-order valence-electron chi connectivity index (χ0n) is 10.7. The van der Waals surface area contributed by atoms with Gasteiger partial charge in [0.2, 0.25) is 0 Å². The van der Waals surface area contributed by atoms with E-state index in [0.717, 1.165) is 12.2 Å². The largest absolute Gasteiger partial charge is 0.489 e. The van der Waals surface area contributed by atoms with Crippen molar-refractivity contribution in [2.24, 2.45) is 5.92 Å². The van der Waals surface area contributed by atoms with Crippen LogP contribution in [-0.2, 0) is 0 Å². The summed E-state index contributed by atoms with van der Waals surface area (Å²) in [7, 11) is 0. The summed E-state index contributed by atoms with van der Waals surface area (Å²) in [6, 6.07) is 5.62. The molecule has 0 bridgehead atoms. The summed E-state index contributed by atoms with van der Waals surface area (Å²) in [5.41, 5.74) is 7.42. The first-order chi connectivity index (χ1) is 8.02. The third-order valence-corrected chi connectivity index (χ3v) is 2.34. The van der Waals surface area contributed by atoms with E-state index >= 15 is 0 Å². The number of ether oxygens (including phenoxy) is 1. The lowest BCUT2D eigenvalue weighted by Crippen LogP contribution is -2.14. The molecule has 96 valence electrons. The minimum absolute atomic E-state index is 0.101. The molecule has 0 aliphatic heterocycles. The van der Waals surface area contributed by atoms with E-state index in [1.165, 1.54) is 0 Å². The molecular weight excluding hydrogens is 216 g/mol. The number of rotatable bonds is 6. The van der Waals surface area contributed by atoms with Gasteiger partial charge in [0, 0.05) is 24.9 Å². The molecular formula is C13H22N2O2. The summed E-state index contributed by atoms with van der Waals surface area (Å²) in [6.45, 7) is 6.81. The normalized spacial score (nSPS) is 12.5. The van der Waals surface area contributed by atoms with Gasteiger partial charge in [0.1, 0.15) is 5.75 Å². The van der Waals surface area contributed by atoms with Crippen LogP contribution < -0.4 is 15.8 Å². The van der Waals surface area contributed by atoms with Gasteiger partial charge in [-0.15, -0.1) is 0 Å². The number of hydrogen-bond donors (Lipinski definition) is 3. The number of nitrogens with one attached hydrogen (secondary N) is 1. The SMILES string of the molecule is CC(CO)CNc1ccc(N)c(OC(C)C)c1. The molecule has 0 fully saturated rings. The van der Waals surface area contributed by atoms with Gasteiger partial charge in [0.15, 0.2) is 0 Å². The number of nitrogens with two attached hydrogens (primary N) is 1. The molecule has 1 aromatic carbocycles. The summed E-state index contributed by atoms with van der Waals surface area (Å²) in [4.78, 5) is 0. The van der Waals surface area contributed by atoms with Crippen LogP contribution in [0.5, 0.6) is 5.75 Å². The Morgan fingerprint density at radius 3 is 2.65 bits per heavy atom. The monoisotopic (exact) mass is 238 g/mol. The summed E-state index contributed by atoms with van der Waals surface area (Å²) in [6.07, 6.45) is 0.101. The van der Waals surface area contributed by atoms with Gasteiger partial charge in [-0.3, -0.25) is 0 Å². The number of hydrogen-bond acceptors (Lipinski definition) is 4. The minimum atomic E-state index is 0.101. The second-order valence-corrected chi connectivity index (χ2v) is 4.59. The van der Waals surface area contributed by atoms with Crippen LogP contribution in [0, 0.1) is 5.92 Å². The van der Waals surface area contributed by atoms with Crippen LogP contribution >= 0.6 is 0 Å². The van der Waals surface area contributed by atoms with E-state index in [1.807, 2.05) is 39.0 Å². The topological polar surface area (TPSA) is 67.5 Å². The lowest BCUT2D eigenvalue weighted by molar-refractivity contribution is 0.243. The maximum atomic E-state index is 8.95. The van der Waals surface area contributed by atoms with E-state index in [0.29, 0.717) is 11.4 Å². The average Bonchev–Trinajstić information content (AvgIpc) is 2.29. The van der Waals surface area contributed by atoms with Crippen LogP contribution in [0.25, 0.3) is 0 Å². The predicted octanol–water partition coefficient (Wildman–Crippen LogP) is 2.10. The van der Waals surface area contributed by atoms with Crippen LogP contribution in [0.15, 0.2) is 18.2 Å². The van der Waals surface area contributed by atoms with E-state index in [1.54, 1.807) is 0 Å². The molecule has 1 aromatic rings. The Labute approximate surface area is 103 Å². The van der Waals surface area contributed by atoms with Gasteiger partial charge in [0.05, 0.1) is 11.8 Å². The molecule has 1 atom stereocenters. The summed E-state index contributed by atoms with van der Waals surface area (Å²) in [5, 5.41) is 12.2. The predicted molar refractivity (Wildman–Crippen MR) is 71.4 cm³/mol. The highest BCUT2D eigenvalue weighted by atomic mass is 16.5. The molecule has 1 unspecified atom stereocenters. The summed E-state index contributed by atoms with van der Waals surface area (Å²) < 4.78 is 5.60. The maximum Gasteiger partial charge on any atom is 0.144 e. The molecule has 0 radical (unpaired) electrons. The van der Waals surface area contributed by atoms with Crippen molar-refractivity contribution in [3.63, 3.8) is 0 Å². The van der Waals surface area contributed by atoms with Crippen molar-refractivity contribution in [2.45, 2.75) is 26.9 Å². The highest BCUT2D eigenvalue weighted by Crippen LogP contribution is 2.26. The number of anilines is 2. The Kier molecular flexibility index (Phi) is 5.10. The Bertz CT molecular complexity index is 353. The molecule has 4 N–H and O–H groups in total. The number of aliphatic hydroxyl groups is 1. The van der Waals surface area contributed by atoms with Gasteiger partial charge in [-0.1, -0.05) is 6.92 Å². The van der Waals surface area contributed by atoms with Gasteiger partial charge in [-0.2, -0.15) is 0 Å². The van der Waals surface area contributed by atoms with E-state index in [-0.39, 0.29) is 18.6 Å². The standard InChI is InChI=1S/C13H22N2O2/c1-9(2)17-13-6-11(4-5-12(13)14)15-7-10(3)8-16/h4-6,9-10,15-16H,7-8,14H2,1-3H3. The highest BCUT2D eigenvalue weighted by molar-refractivity contribution is 5.61. The van der Waals surface area contributed by atoms with Gasteiger partial charge in [-0.25, -0.2) is 0 Å². The molecule has 1 rings (SSSR count). The van der Waals surface area contributed by atoms with E-state index in [9.17, 15) is 0 Å². The molecule has 0 spiro atoms. The first-order valence-corrected chi connectivity index (χ1v) is 5.93. The van der Waals surface area contributed by atoms with Gasteiger partial charge in [0.25, 0.3) is 0 Å². The second kappa shape index (κ2) is 6.35. The fraction of sp³-hybridized carbons (Fsp3) is 0.538. The Balaban J connectivity index is 2.67. The average molecular weight is 238 g/mol. The van der Waals surface area contributed by atoms with Crippen molar-refractivity contribution in [3.05, 3.63) is 18.2 Å². The third kappa shape index (κ3) is 4.53. The van der Waals surface area contributed by atoms with E-state index < -0.39 is 0 Å². The minimum Gasteiger partial charge on any atom is -0.489 e. The zero-order chi connectivity index (χ0) is 12.8. The van der Waals surface area contributed by atoms with Crippen molar-refractivity contribution in [2.75, 3.05) is 24.2 Å². The van der Waals surface area contributed by atoms with Crippen molar-refractivity contribution < 1.29 is 9.84 Å². The molecule has 0 aliphatic carbocycles.